The lowest BCUT2D eigenvalue weighted by Gasteiger charge is -2.07. The molecule has 0 bridgehead atoms. The van der Waals surface area contributed by atoms with E-state index >= 15 is 0 Å². The average molecular weight is 196 g/mol. The summed E-state index contributed by atoms with van der Waals surface area (Å²) in [5.74, 6) is 0. The van der Waals surface area contributed by atoms with Crippen molar-refractivity contribution in [3.63, 3.8) is 0 Å². The maximum Gasteiger partial charge on any atom is 0.220 e. The summed E-state index contributed by atoms with van der Waals surface area (Å²) in [5, 5.41) is 4.94. The van der Waals surface area contributed by atoms with E-state index in [0.717, 1.165) is 5.56 Å². The molecule has 0 heterocycles. The average Bonchev–Trinajstić information content (AvgIpc) is 2.18. The molecule has 1 rings (SSSR count). The van der Waals surface area contributed by atoms with Crippen molar-refractivity contribution >= 4 is 17.1 Å². The number of benzene rings is 1. The molecule has 0 saturated heterocycles. The van der Waals surface area contributed by atoms with Gasteiger partial charge in [-0.3, -0.25) is 9.93 Å². The lowest BCUT2D eigenvalue weighted by Crippen LogP contribution is -2.31. The number of carbonyl (C=O) groups excluding carboxylic acids is 1. The summed E-state index contributed by atoms with van der Waals surface area (Å²) in [7, 11) is 0. The van der Waals surface area contributed by atoms with Gasteiger partial charge in [0.05, 0.1) is 6.04 Å². The molecule has 1 atom stereocenters. The van der Waals surface area contributed by atoms with Crippen LogP contribution in [0.15, 0.2) is 30.3 Å². The highest BCUT2D eigenvalue weighted by Crippen LogP contribution is 2.05. The highest BCUT2D eigenvalue weighted by Gasteiger charge is 2.12. The van der Waals surface area contributed by atoms with Crippen LogP contribution < -0.4 is 10.9 Å². The van der Waals surface area contributed by atoms with Gasteiger partial charge in [-0.15, -0.1) is 0 Å². The normalized spacial score (nSPS) is 12.5. The second-order valence-corrected chi connectivity index (χ2v) is 3.37. The first-order valence-electron chi connectivity index (χ1n) is 3.94. The van der Waals surface area contributed by atoms with Crippen molar-refractivity contribution in [1.29, 1.82) is 0 Å². The molecule has 0 aliphatic rings. The van der Waals surface area contributed by atoms with Crippen molar-refractivity contribution in [2.24, 2.45) is 10.9 Å². The van der Waals surface area contributed by atoms with Crippen LogP contribution in [-0.2, 0) is 11.2 Å². The van der Waals surface area contributed by atoms with Crippen LogP contribution in [0.2, 0.25) is 0 Å². The smallest absolute Gasteiger partial charge is 0.220 e. The molecular formula is C9H12N2OS. The number of nitrogens with two attached hydrogens (primary N) is 2. The van der Waals surface area contributed by atoms with Gasteiger partial charge in [0.2, 0.25) is 5.12 Å². The lowest BCUT2D eigenvalue weighted by atomic mass is 10.1. The van der Waals surface area contributed by atoms with E-state index in [1.165, 1.54) is 0 Å². The Balaban J connectivity index is 2.55. The Morgan fingerprint density at radius 2 is 2.00 bits per heavy atom. The van der Waals surface area contributed by atoms with Crippen molar-refractivity contribution < 1.29 is 4.79 Å². The largest absolute Gasteiger partial charge is 0.320 e. The van der Waals surface area contributed by atoms with Gasteiger partial charge in [-0.25, -0.2) is 0 Å². The molecule has 1 aromatic rings. The van der Waals surface area contributed by atoms with Crippen molar-refractivity contribution in [3.05, 3.63) is 35.9 Å². The number of carbonyl (C=O) groups is 1. The standard InChI is InChI=1S/C9H12N2OS/c10-8(9(12)13-11)6-7-4-2-1-3-5-7/h1-5,8H,6,10-11H2/t8-/m0/s1. The summed E-state index contributed by atoms with van der Waals surface area (Å²) in [5.41, 5.74) is 6.66. The van der Waals surface area contributed by atoms with Crippen LogP contribution in [-0.4, -0.2) is 11.2 Å². The number of hydrogen-bond acceptors (Lipinski definition) is 4. The van der Waals surface area contributed by atoms with Gasteiger partial charge in [0.25, 0.3) is 0 Å². The topological polar surface area (TPSA) is 69.1 Å². The minimum absolute atomic E-state index is 0.177. The van der Waals surface area contributed by atoms with Crippen LogP contribution in [0.4, 0.5) is 0 Å². The molecule has 0 fully saturated rings. The van der Waals surface area contributed by atoms with Crippen LogP contribution in [0.3, 0.4) is 0 Å². The predicted molar refractivity (Wildman–Crippen MR) is 54.9 cm³/mol. The Hall–Kier alpha value is -0.840. The van der Waals surface area contributed by atoms with Gasteiger partial charge >= 0.3 is 0 Å². The number of hydrogen-bond donors (Lipinski definition) is 2. The Morgan fingerprint density at radius 1 is 1.38 bits per heavy atom. The molecule has 0 aliphatic carbocycles. The summed E-state index contributed by atoms with van der Waals surface area (Å²) in [6.07, 6.45) is 0.546. The Bertz CT molecular complexity index is 276. The maximum absolute atomic E-state index is 11.0. The monoisotopic (exact) mass is 196 g/mol. The fourth-order valence-electron chi connectivity index (χ4n) is 1.04. The molecule has 0 aromatic heterocycles. The summed E-state index contributed by atoms with van der Waals surface area (Å²) >= 11 is 0.688. The molecule has 4 N–H and O–H groups in total. The van der Waals surface area contributed by atoms with Crippen molar-refractivity contribution in [2.75, 3.05) is 0 Å². The van der Waals surface area contributed by atoms with E-state index < -0.39 is 6.04 Å². The fourth-order valence-corrected chi connectivity index (χ4v) is 1.30. The van der Waals surface area contributed by atoms with Gasteiger partial charge < -0.3 is 5.73 Å². The van der Waals surface area contributed by atoms with Crippen molar-refractivity contribution in [3.8, 4) is 0 Å². The zero-order chi connectivity index (χ0) is 9.68. The molecule has 0 amide bonds. The van der Waals surface area contributed by atoms with Crippen LogP contribution >= 0.6 is 11.9 Å². The van der Waals surface area contributed by atoms with E-state index in [1.807, 2.05) is 30.3 Å². The molecule has 13 heavy (non-hydrogen) atoms. The summed E-state index contributed by atoms with van der Waals surface area (Å²) in [4.78, 5) is 11.0. The molecule has 1 aromatic carbocycles. The second-order valence-electron chi connectivity index (χ2n) is 2.73. The maximum atomic E-state index is 11.0. The third kappa shape index (κ3) is 3.18. The molecule has 0 spiro atoms. The lowest BCUT2D eigenvalue weighted by molar-refractivity contribution is -0.112. The van der Waals surface area contributed by atoms with Gasteiger partial charge in [-0.2, -0.15) is 0 Å². The second kappa shape index (κ2) is 5.01. The van der Waals surface area contributed by atoms with Crippen LogP contribution in [0, 0.1) is 0 Å². The minimum atomic E-state index is -0.502. The van der Waals surface area contributed by atoms with Crippen LogP contribution in [0.1, 0.15) is 5.56 Å². The van der Waals surface area contributed by atoms with Gasteiger partial charge in [0.15, 0.2) is 0 Å². The molecule has 0 unspecified atom stereocenters. The summed E-state index contributed by atoms with van der Waals surface area (Å²) < 4.78 is 0. The molecule has 0 aliphatic heterocycles. The molecule has 0 saturated carbocycles. The Morgan fingerprint density at radius 3 is 2.54 bits per heavy atom. The summed E-state index contributed by atoms with van der Waals surface area (Å²) in [6.45, 7) is 0. The van der Waals surface area contributed by atoms with Gasteiger partial charge in [-0.05, 0) is 23.9 Å². The van der Waals surface area contributed by atoms with Gasteiger partial charge in [-0.1, -0.05) is 30.3 Å². The third-order valence-corrected chi connectivity index (χ3v) is 2.25. The molecule has 0 radical (unpaired) electrons. The minimum Gasteiger partial charge on any atom is -0.320 e. The highest BCUT2D eigenvalue weighted by molar-refractivity contribution is 8.11. The van der Waals surface area contributed by atoms with Crippen LogP contribution in [0.25, 0.3) is 0 Å². The van der Waals surface area contributed by atoms with E-state index in [2.05, 4.69) is 0 Å². The third-order valence-electron chi connectivity index (χ3n) is 1.72. The molecular weight excluding hydrogens is 184 g/mol. The quantitative estimate of drug-likeness (QED) is 0.698. The SMILES string of the molecule is NSC(=O)[C@@H](N)Cc1ccccc1. The Kier molecular flexibility index (Phi) is 3.95. The van der Waals surface area contributed by atoms with Gasteiger partial charge in [0.1, 0.15) is 0 Å². The summed E-state index contributed by atoms with van der Waals surface area (Å²) in [6, 6.07) is 9.14. The first kappa shape index (κ1) is 10.2. The molecule has 70 valence electrons. The van der Waals surface area contributed by atoms with Crippen LogP contribution in [0.5, 0.6) is 0 Å². The van der Waals surface area contributed by atoms with E-state index in [-0.39, 0.29) is 5.12 Å². The zero-order valence-corrected chi connectivity index (χ0v) is 7.96. The first-order chi connectivity index (χ1) is 6.24. The van der Waals surface area contributed by atoms with E-state index in [4.69, 9.17) is 10.9 Å². The van der Waals surface area contributed by atoms with E-state index in [0.29, 0.717) is 18.4 Å². The molecule has 4 heteroatoms. The Labute approximate surface area is 81.6 Å². The predicted octanol–water partition coefficient (Wildman–Crippen LogP) is 0.690. The fraction of sp³-hybridized carbons (Fsp3) is 0.222. The van der Waals surface area contributed by atoms with Crippen molar-refractivity contribution in [2.45, 2.75) is 12.5 Å². The van der Waals surface area contributed by atoms with Gasteiger partial charge in [0, 0.05) is 0 Å². The van der Waals surface area contributed by atoms with E-state index in [9.17, 15) is 4.79 Å². The zero-order valence-electron chi connectivity index (χ0n) is 7.14. The highest BCUT2D eigenvalue weighted by atomic mass is 32.2. The number of rotatable bonds is 3. The molecule has 3 nitrogen and oxygen atoms in total. The van der Waals surface area contributed by atoms with Crippen molar-refractivity contribution in [1.82, 2.24) is 0 Å². The van der Waals surface area contributed by atoms with E-state index in [1.54, 1.807) is 0 Å². The first-order valence-corrected chi connectivity index (χ1v) is 4.82.